The summed E-state index contributed by atoms with van der Waals surface area (Å²) in [6, 6.07) is 27.8. The number of benzene rings is 4. The molecule has 0 spiro atoms. The minimum atomic E-state index is 0.787. The Hall–Kier alpha value is -3.20. The Bertz CT molecular complexity index is 920. The van der Waals surface area contributed by atoms with Crippen molar-refractivity contribution in [1.82, 2.24) is 0 Å². The van der Waals surface area contributed by atoms with E-state index in [1.807, 2.05) is 84.9 Å². The molecule has 0 atom stereocenters. The van der Waals surface area contributed by atoms with Crippen LogP contribution >= 0.6 is 0 Å². The van der Waals surface area contributed by atoms with E-state index in [1.165, 1.54) is 5.01 Å². The Labute approximate surface area is 133 Å². The third kappa shape index (κ3) is 2.23. The van der Waals surface area contributed by atoms with Crippen LogP contribution in [0.5, 0.6) is 0 Å². The summed E-state index contributed by atoms with van der Waals surface area (Å²) in [6.07, 6.45) is 0. The highest BCUT2D eigenvalue weighted by atomic mass is 16.3. The summed E-state index contributed by atoms with van der Waals surface area (Å²) >= 11 is 0. The number of anilines is 2. The van der Waals surface area contributed by atoms with Crippen molar-refractivity contribution in [3.8, 4) is 0 Å². The summed E-state index contributed by atoms with van der Waals surface area (Å²) in [6.45, 7) is 0. The van der Waals surface area contributed by atoms with Crippen molar-refractivity contribution in [2.24, 2.45) is 5.29 Å². The van der Waals surface area contributed by atoms with Gasteiger partial charge in [-0.3, -0.25) is 0 Å². The molecule has 3 heteroatoms. The van der Waals surface area contributed by atoms with Crippen molar-refractivity contribution >= 4 is 32.9 Å². The monoisotopic (exact) mass is 298 g/mol. The van der Waals surface area contributed by atoms with Gasteiger partial charge in [0, 0.05) is 10.8 Å². The van der Waals surface area contributed by atoms with Crippen LogP contribution in [0, 0.1) is 4.91 Å². The molecule has 0 aromatic heterocycles. The maximum atomic E-state index is 11.7. The summed E-state index contributed by atoms with van der Waals surface area (Å²) < 4.78 is 0. The first kappa shape index (κ1) is 13.5. The third-order valence-electron chi connectivity index (χ3n) is 4.07. The fourth-order valence-electron chi connectivity index (χ4n) is 3.00. The minimum absolute atomic E-state index is 0.787. The molecule has 0 heterocycles. The van der Waals surface area contributed by atoms with Gasteiger partial charge in [0.25, 0.3) is 0 Å². The van der Waals surface area contributed by atoms with E-state index in [4.69, 9.17) is 0 Å². The summed E-state index contributed by atoms with van der Waals surface area (Å²) in [7, 11) is 0. The van der Waals surface area contributed by atoms with Gasteiger partial charge in [0.1, 0.15) is 0 Å². The Morgan fingerprint density at radius 1 is 0.565 bits per heavy atom. The van der Waals surface area contributed by atoms with Gasteiger partial charge in [0.2, 0.25) is 0 Å². The zero-order valence-electron chi connectivity index (χ0n) is 12.4. The molecule has 0 fully saturated rings. The van der Waals surface area contributed by atoms with Gasteiger partial charge in [0.05, 0.1) is 16.7 Å². The second kappa shape index (κ2) is 5.54. The molecule has 0 aliphatic carbocycles. The lowest BCUT2D eigenvalue weighted by Crippen LogP contribution is -2.08. The SMILES string of the molecule is O=NN(c1cccc2ccccc12)c1cccc2ccccc12. The van der Waals surface area contributed by atoms with Crippen LogP contribution in [0.25, 0.3) is 21.5 Å². The van der Waals surface area contributed by atoms with Crippen LogP contribution in [0.4, 0.5) is 11.4 Å². The molecule has 3 nitrogen and oxygen atoms in total. The van der Waals surface area contributed by atoms with Gasteiger partial charge in [-0.25, -0.2) is 0 Å². The second-order valence-corrected chi connectivity index (χ2v) is 5.39. The van der Waals surface area contributed by atoms with E-state index in [2.05, 4.69) is 5.29 Å². The molecule has 4 aromatic rings. The number of rotatable bonds is 3. The van der Waals surface area contributed by atoms with Crippen molar-refractivity contribution in [1.29, 1.82) is 0 Å². The standard InChI is InChI=1S/C20H14N2O/c23-21-22(19-13-5-9-15-7-1-3-11-17(15)19)20-14-6-10-16-8-2-4-12-18(16)20/h1-14H. The molecular formula is C20H14N2O. The number of fused-ring (bicyclic) bond motifs is 2. The van der Waals surface area contributed by atoms with Crippen molar-refractivity contribution in [3.63, 3.8) is 0 Å². The molecule has 23 heavy (non-hydrogen) atoms. The molecule has 4 aromatic carbocycles. The van der Waals surface area contributed by atoms with Crippen molar-refractivity contribution in [3.05, 3.63) is 89.8 Å². The zero-order chi connectivity index (χ0) is 15.6. The van der Waals surface area contributed by atoms with E-state index in [0.29, 0.717) is 0 Å². The van der Waals surface area contributed by atoms with E-state index in [-0.39, 0.29) is 0 Å². The molecule has 0 saturated heterocycles. The van der Waals surface area contributed by atoms with Gasteiger partial charge in [-0.2, -0.15) is 5.01 Å². The van der Waals surface area contributed by atoms with E-state index in [1.54, 1.807) is 0 Å². The molecular weight excluding hydrogens is 284 g/mol. The molecule has 0 amide bonds. The van der Waals surface area contributed by atoms with Crippen LogP contribution in [0.3, 0.4) is 0 Å². The van der Waals surface area contributed by atoms with Crippen molar-refractivity contribution < 1.29 is 0 Å². The van der Waals surface area contributed by atoms with Crippen LogP contribution < -0.4 is 5.01 Å². The Kier molecular flexibility index (Phi) is 3.24. The second-order valence-electron chi connectivity index (χ2n) is 5.39. The molecule has 110 valence electrons. The summed E-state index contributed by atoms with van der Waals surface area (Å²) in [5.74, 6) is 0. The fourth-order valence-corrected chi connectivity index (χ4v) is 3.00. The fraction of sp³-hybridized carbons (Fsp3) is 0. The van der Waals surface area contributed by atoms with Crippen LogP contribution in [0.2, 0.25) is 0 Å². The van der Waals surface area contributed by atoms with Gasteiger partial charge in [-0.05, 0) is 22.9 Å². The van der Waals surface area contributed by atoms with E-state index in [9.17, 15) is 4.91 Å². The third-order valence-corrected chi connectivity index (χ3v) is 4.07. The molecule has 0 radical (unpaired) electrons. The number of hydrogen-bond acceptors (Lipinski definition) is 2. The van der Waals surface area contributed by atoms with Crippen molar-refractivity contribution in [2.75, 3.05) is 5.01 Å². The normalized spacial score (nSPS) is 10.8. The van der Waals surface area contributed by atoms with E-state index in [0.717, 1.165) is 32.9 Å². The molecule has 0 saturated carbocycles. The van der Waals surface area contributed by atoms with Crippen molar-refractivity contribution in [2.45, 2.75) is 0 Å². The highest BCUT2D eigenvalue weighted by Gasteiger charge is 2.15. The summed E-state index contributed by atoms with van der Waals surface area (Å²) in [5, 5.41) is 8.96. The quantitative estimate of drug-likeness (QED) is 0.353. The minimum Gasteiger partial charge on any atom is -0.196 e. The number of nitrogens with zero attached hydrogens (tertiary/aromatic N) is 2. The molecule has 0 N–H and O–H groups in total. The molecule has 0 aliphatic rings. The van der Waals surface area contributed by atoms with Gasteiger partial charge >= 0.3 is 0 Å². The first-order chi connectivity index (χ1) is 11.4. The molecule has 0 unspecified atom stereocenters. The van der Waals surface area contributed by atoms with E-state index < -0.39 is 0 Å². The van der Waals surface area contributed by atoms with Crippen LogP contribution in [-0.2, 0) is 0 Å². The lowest BCUT2D eigenvalue weighted by atomic mass is 10.1. The highest BCUT2D eigenvalue weighted by Crippen LogP contribution is 2.36. The maximum absolute atomic E-state index is 11.7. The number of nitroso groups, excluding NO2 is 1. The Balaban J connectivity index is 1.99. The zero-order valence-corrected chi connectivity index (χ0v) is 12.4. The molecule has 4 rings (SSSR count). The molecule has 0 bridgehead atoms. The average molecular weight is 298 g/mol. The van der Waals surface area contributed by atoms with Crippen LogP contribution in [0.15, 0.2) is 90.2 Å². The van der Waals surface area contributed by atoms with Crippen LogP contribution in [-0.4, -0.2) is 0 Å². The van der Waals surface area contributed by atoms with Crippen LogP contribution in [0.1, 0.15) is 0 Å². The summed E-state index contributed by atoms with van der Waals surface area (Å²) in [5.41, 5.74) is 1.57. The lowest BCUT2D eigenvalue weighted by molar-refractivity contribution is 1.09. The Morgan fingerprint density at radius 2 is 1.00 bits per heavy atom. The molecule has 0 aliphatic heterocycles. The van der Waals surface area contributed by atoms with Gasteiger partial charge < -0.3 is 0 Å². The summed E-state index contributed by atoms with van der Waals surface area (Å²) in [4.78, 5) is 11.7. The first-order valence-corrected chi connectivity index (χ1v) is 7.47. The topological polar surface area (TPSA) is 32.7 Å². The lowest BCUT2D eigenvalue weighted by Gasteiger charge is -2.19. The largest absolute Gasteiger partial charge is 0.196 e. The average Bonchev–Trinajstić information content (AvgIpc) is 2.63. The Morgan fingerprint density at radius 3 is 1.48 bits per heavy atom. The number of hydrogen-bond donors (Lipinski definition) is 0. The predicted octanol–water partition coefficient (Wildman–Crippen LogP) is 5.81. The van der Waals surface area contributed by atoms with Gasteiger partial charge in [-0.1, -0.05) is 72.8 Å². The highest BCUT2D eigenvalue weighted by molar-refractivity contribution is 6.01. The van der Waals surface area contributed by atoms with Gasteiger partial charge in [-0.15, -0.1) is 4.91 Å². The first-order valence-electron chi connectivity index (χ1n) is 7.47. The smallest absolute Gasteiger partial charge is 0.0763 e. The maximum Gasteiger partial charge on any atom is 0.0763 e. The predicted molar refractivity (Wildman–Crippen MR) is 95.8 cm³/mol. The van der Waals surface area contributed by atoms with E-state index >= 15 is 0 Å². The van der Waals surface area contributed by atoms with Gasteiger partial charge in [0.15, 0.2) is 0 Å².